The molecule has 0 aliphatic carbocycles. The molecule has 0 N–H and O–H groups in total. The van der Waals surface area contributed by atoms with E-state index >= 15 is 0 Å². The van der Waals surface area contributed by atoms with Crippen LogP contribution >= 0.6 is 0 Å². The zero-order chi connectivity index (χ0) is 25.9. The van der Waals surface area contributed by atoms with Crippen molar-refractivity contribution in [3.05, 3.63) is 89.2 Å². The molecule has 0 radical (unpaired) electrons. The van der Waals surface area contributed by atoms with E-state index in [1.165, 1.54) is 16.7 Å². The van der Waals surface area contributed by atoms with Crippen LogP contribution in [0, 0.1) is 6.92 Å². The molecule has 2 heterocycles. The van der Waals surface area contributed by atoms with E-state index in [4.69, 9.17) is 9.72 Å². The van der Waals surface area contributed by atoms with E-state index < -0.39 is 0 Å². The number of fused-ring (bicyclic) bond motifs is 1. The molecule has 1 atom stereocenters. The number of para-hydroxylation sites is 2. The number of hydrogen-bond acceptors (Lipinski definition) is 3. The van der Waals surface area contributed by atoms with Crippen LogP contribution in [0.4, 0.5) is 5.69 Å². The Morgan fingerprint density at radius 3 is 2.59 bits per heavy atom. The Kier molecular flexibility index (Phi) is 7.31. The molecular formula is C32H37N3O2. The maximum absolute atomic E-state index is 13.0. The van der Waals surface area contributed by atoms with Crippen LogP contribution in [-0.2, 0) is 17.8 Å². The minimum Gasteiger partial charge on any atom is -0.493 e. The van der Waals surface area contributed by atoms with E-state index in [9.17, 15) is 4.79 Å². The average Bonchev–Trinajstić information content (AvgIpc) is 3.47. The van der Waals surface area contributed by atoms with Gasteiger partial charge in [-0.2, -0.15) is 0 Å². The van der Waals surface area contributed by atoms with Gasteiger partial charge in [0.1, 0.15) is 11.6 Å². The number of anilines is 1. The fourth-order valence-electron chi connectivity index (χ4n) is 5.33. The second-order valence-corrected chi connectivity index (χ2v) is 10.4. The Bertz CT molecular complexity index is 1390. The number of carbonyl (C=O) groups is 1. The second-order valence-electron chi connectivity index (χ2n) is 10.4. The van der Waals surface area contributed by atoms with E-state index in [1.54, 1.807) is 0 Å². The molecule has 5 rings (SSSR count). The molecule has 0 bridgehead atoms. The lowest BCUT2D eigenvalue weighted by Crippen LogP contribution is -2.24. The van der Waals surface area contributed by atoms with E-state index in [1.807, 2.05) is 11.0 Å². The van der Waals surface area contributed by atoms with Crippen molar-refractivity contribution in [3.63, 3.8) is 0 Å². The zero-order valence-electron chi connectivity index (χ0n) is 22.4. The van der Waals surface area contributed by atoms with Crippen LogP contribution in [0.3, 0.4) is 0 Å². The van der Waals surface area contributed by atoms with Gasteiger partial charge in [0, 0.05) is 31.1 Å². The summed E-state index contributed by atoms with van der Waals surface area (Å²) < 4.78 is 8.58. The summed E-state index contributed by atoms with van der Waals surface area (Å²) in [5.41, 5.74) is 6.81. The van der Waals surface area contributed by atoms with Gasteiger partial charge < -0.3 is 14.2 Å². The molecule has 1 fully saturated rings. The van der Waals surface area contributed by atoms with Gasteiger partial charge in [-0.15, -0.1) is 0 Å². The molecule has 1 aliphatic heterocycles. The number of imidazole rings is 1. The Hall–Kier alpha value is -3.60. The summed E-state index contributed by atoms with van der Waals surface area (Å²) in [6, 6.07) is 23.1. The van der Waals surface area contributed by atoms with Gasteiger partial charge in [0.15, 0.2) is 0 Å². The molecule has 4 aromatic rings. The molecule has 1 aliphatic rings. The van der Waals surface area contributed by atoms with Crippen molar-refractivity contribution in [1.29, 1.82) is 0 Å². The van der Waals surface area contributed by atoms with Crippen LogP contribution in [0.25, 0.3) is 11.0 Å². The van der Waals surface area contributed by atoms with Crippen molar-refractivity contribution >= 4 is 22.6 Å². The molecule has 5 nitrogen and oxygen atoms in total. The van der Waals surface area contributed by atoms with Gasteiger partial charge in [-0.3, -0.25) is 4.79 Å². The summed E-state index contributed by atoms with van der Waals surface area (Å²) in [5.74, 6) is 2.63. The van der Waals surface area contributed by atoms with E-state index in [0.717, 1.165) is 47.7 Å². The normalized spacial score (nSPS) is 15.8. The third-order valence-electron chi connectivity index (χ3n) is 7.41. The number of carbonyl (C=O) groups excluding carboxylic acids is 1. The van der Waals surface area contributed by atoms with E-state index in [0.29, 0.717) is 25.5 Å². The molecule has 0 spiro atoms. The highest BCUT2D eigenvalue weighted by Gasteiger charge is 2.34. The third kappa shape index (κ3) is 5.27. The fourth-order valence-corrected chi connectivity index (χ4v) is 5.33. The lowest BCUT2D eigenvalue weighted by molar-refractivity contribution is -0.117. The highest BCUT2D eigenvalue weighted by molar-refractivity contribution is 5.96. The number of nitrogens with zero attached hydrogens (tertiary/aromatic N) is 3. The smallest absolute Gasteiger partial charge is 0.227 e. The van der Waals surface area contributed by atoms with Gasteiger partial charge in [-0.25, -0.2) is 4.98 Å². The summed E-state index contributed by atoms with van der Waals surface area (Å²) in [4.78, 5) is 20.0. The SMILES string of the molecule is CCc1ccc(N2CC(c3nc4ccccc4n3CCCOc3cc(C)ccc3C(C)C)CC2=O)cc1. The summed E-state index contributed by atoms with van der Waals surface area (Å²) in [6.07, 6.45) is 2.34. The van der Waals surface area contributed by atoms with E-state index in [2.05, 4.69) is 92.9 Å². The number of benzene rings is 3. The second kappa shape index (κ2) is 10.8. The summed E-state index contributed by atoms with van der Waals surface area (Å²) in [7, 11) is 0. The molecule has 1 amide bonds. The molecule has 1 unspecified atom stereocenters. The van der Waals surface area contributed by atoms with Crippen molar-refractivity contribution in [2.75, 3.05) is 18.1 Å². The Labute approximate surface area is 220 Å². The maximum atomic E-state index is 13.0. The number of ether oxygens (including phenoxy) is 1. The van der Waals surface area contributed by atoms with Crippen LogP contribution in [0.15, 0.2) is 66.7 Å². The van der Waals surface area contributed by atoms with Crippen molar-refractivity contribution in [3.8, 4) is 5.75 Å². The maximum Gasteiger partial charge on any atom is 0.227 e. The molecule has 5 heteroatoms. The van der Waals surface area contributed by atoms with Gasteiger partial charge in [0.2, 0.25) is 5.91 Å². The Morgan fingerprint density at radius 1 is 1.05 bits per heavy atom. The van der Waals surface area contributed by atoms with Gasteiger partial charge in [-0.1, -0.05) is 57.2 Å². The number of amides is 1. The van der Waals surface area contributed by atoms with Crippen LogP contribution in [0.5, 0.6) is 5.75 Å². The monoisotopic (exact) mass is 495 g/mol. The predicted octanol–water partition coefficient (Wildman–Crippen LogP) is 7.02. The fraction of sp³-hybridized carbons (Fsp3) is 0.375. The Morgan fingerprint density at radius 2 is 1.84 bits per heavy atom. The highest BCUT2D eigenvalue weighted by Crippen LogP contribution is 2.34. The number of hydrogen-bond donors (Lipinski definition) is 0. The zero-order valence-corrected chi connectivity index (χ0v) is 22.4. The van der Waals surface area contributed by atoms with Crippen LogP contribution < -0.4 is 9.64 Å². The summed E-state index contributed by atoms with van der Waals surface area (Å²) in [5, 5.41) is 0. The third-order valence-corrected chi connectivity index (χ3v) is 7.41. The first kappa shape index (κ1) is 25.1. The number of aryl methyl sites for hydroxylation is 3. The van der Waals surface area contributed by atoms with Crippen LogP contribution in [-0.4, -0.2) is 28.6 Å². The van der Waals surface area contributed by atoms with Gasteiger partial charge in [0.25, 0.3) is 0 Å². The van der Waals surface area contributed by atoms with Crippen molar-refractivity contribution in [2.24, 2.45) is 0 Å². The lowest BCUT2D eigenvalue weighted by Gasteiger charge is -2.18. The highest BCUT2D eigenvalue weighted by atomic mass is 16.5. The Balaban J connectivity index is 1.33. The minimum atomic E-state index is 0.0657. The van der Waals surface area contributed by atoms with Gasteiger partial charge >= 0.3 is 0 Å². The largest absolute Gasteiger partial charge is 0.493 e. The molecule has 1 saturated heterocycles. The summed E-state index contributed by atoms with van der Waals surface area (Å²) in [6.45, 7) is 10.7. The average molecular weight is 496 g/mol. The first-order valence-corrected chi connectivity index (χ1v) is 13.5. The van der Waals surface area contributed by atoms with Crippen molar-refractivity contribution < 1.29 is 9.53 Å². The molecule has 192 valence electrons. The summed E-state index contributed by atoms with van der Waals surface area (Å²) >= 11 is 0. The van der Waals surface area contributed by atoms with Crippen molar-refractivity contribution in [2.45, 2.75) is 65.3 Å². The first-order chi connectivity index (χ1) is 17.9. The standard InChI is InChI=1S/C32H37N3O2/c1-5-24-12-14-26(15-13-24)35-21-25(20-31(35)36)32-33-28-9-6-7-10-29(28)34(32)17-8-18-37-30-19-23(4)11-16-27(30)22(2)3/h6-7,9-16,19,22,25H,5,8,17-18,20-21H2,1-4H3. The van der Waals surface area contributed by atoms with Gasteiger partial charge in [-0.05, 0) is 72.7 Å². The predicted molar refractivity (Wildman–Crippen MR) is 151 cm³/mol. The molecule has 37 heavy (non-hydrogen) atoms. The molecule has 3 aromatic carbocycles. The topological polar surface area (TPSA) is 47.4 Å². The molecule has 0 saturated carbocycles. The van der Waals surface area contributed by atoms with Crippen molar-refractivity contribution in [1.82, 2.24) is 9.55 Å². The quantitative estimate of drug-likeness (QED) is 0.234. The minimum absolute atomic E-state index is 0.0657. The van der Waals surface area contributed by atoms with Crippen LogP contribution in [0.2, 0.25) is 0 Å². The molecule has 1 aromatic heterocycles. The number of rotatable bonds is 9. The first-order valence-electron chi connectivity index (χ1n) is 13.5. The molecular weight excluding hydrogens is 458 g/mol. The van der Waals surface area contributed by atoms with Gasteiger partial charge in [0.05, 0.1) is 17.6 Å². The lowest BCUT2D eigenvalue weighted by atomic mass is 10.0. The number of aromatic nitrogens is 2. The van der Waals surface area contributed by atoms with Crippen LogP contribution in [0.1, 0.15) is 68.0 Å². The van der Waals surface area contributed by atoms with E-state index in [-0.39, 0.29) is 11.8 Å².